The maximum absolute atomic E-state index is 10.6. The van der Waals surface area contributed by atoms with Gasteiger partial charge in [-0.2, -0.15) is 15.8 Å². The van der Waals surface area contributed by atoms with Crippen LogP contribution in [0.2, 0.25) is 0 Å². The highest BCUT2D eigenvalue weighted by molar-refractivity contribution is 7.19. The van der Waals surface area contributed by atoms with Gasteiger partial charge in [0.25, 0.3) is 0 Å². The molecule has 8 rings (SSSR count). The topological polar surface area (TPSA) is 76.3 Å². The molecule has 0 spiro atoms. The molecule has 0 saturated carbocycles. The van der Waals surface area contributed by atoms with Gasteiger partial charge in [0.15, 0.2) is 8.07 Å². The first-order valence-corrected chi connectivity index (χ1v) is 18.4. The summed E-state index contributed by atoms with van der Waals surface area (Å²) in [4.78, 5) is 0. The average molecular weight is 653 g/mol. The molecule has 0 fully saturated rings. The zero-order valence-corrected chi connectivity index (χ0v) is 28.0. The lowest BCUT2D eigenvalue weighted by molar-refractivity contribution is 1.18. The highest BCUT2D eigenvalue weighted by atomic mass is 28.3. The van der Waals surface area contributed by atoms with Crippen molar-refractivity contribution >= 4 is 50.6 Å². The SMILES string of the molecule is N#Cc1ccc2c(c1)c1cc(C#N)ccc1n2-c1ccc(-c2cccc([Si](c3ccccc3)(c3ccccc3)c3ccccc3)c2)c(C#N)c1. The highest BCUT2D eigenvalue weighted by Gasteiger charge is 2.41. The minimum Gasteiger partial charge on any atom is -0.309 e. The molecule has 0 radical (unpaired) electrons. The molecule has 5 heteroatoms. The van der Waals surface area contributed by atoms with Crippen molar-refractivity contribution in [3.8, 4) is 35.0 Å². The quantitative estimate of drug-likeness (QED) is 0.138. The first-order valence-electron chi connectivity index (χ1n) is 16.4. The van der Waals surface area contributed by atoms with Crippen molar-refractivity contribution in [2.45, 2.75) is 0 Å². The van der Waals surface area contributed by atoms with E-state index in [-0.39, 0.29) is 0 Å². The van der Waals surface area contributed by atoms with Gasteiger partial charge in [0, 0.05) is 16.5 Å². The van der Waals surface area contributed by atoms with Crippen LogP contribution in [0.15, 0.2) is 170 Å². The molecular formula is C45H28N4Si. The van der Waals surface area contributed by atoms with Gasteiger partial charge < -0.3 is 4.57 Å². The first-order chi connectivity index (χ1) is 24.6. The molecule has 0 N–H and O–H groups in total. The van der Waals surface area contributed by atoms with E-state index in [2.05, 4.69) is 144 Å². The van der Waals surface area contributed by atoms with Crippen LogP contribution in [-0.2, 0) is 0 Å². The van der Waals surface area contributed by atoms with Crippen LogP contribution < -0.4 is 20.7 Å². The van der Waals surface area contributed by atoms with Crippen LogP contribution in [0, 0.1) is 34.0 Å². The molecule has 0 bridgehead atoms. The van der Waals surface area contributed by atoms with E-state index in [9.17, 15) is 15.8 Å². The van der Waals surface area contributed by atoms with Crippen LogP contribution in [-0.4, -0.2) is 12.6 Å². The second-order valence-electron chi connectivity index (χ2n) is 12.3. The second-order valence-corrected chi connectivity index (χ2v) is 16.1. The number of rotatable bonds is 6. The largest absolute Gasteiger partial charge is 0.309 e. The fourth-order valence-corrected chi connectivity index (χ4v) is 12.2. The molecule has 0 atom stereocenters. The summed E-state index contributed by atoms with van der Waals surface area (Å²) in [6, 6.07) is 65.3. The van der Waals surface area contributed by atoms with E-state index < -0.39 is 8.07 Å². The first kappa shape index (κ1) is 30.4. The van der Waals surface area contributed by atoms with Crippen LogP contribution in [0.4, 0.5) is 0 Å². The van der Waals surface area contributed by atoms with Crippen LogP contribution >= 0.6 is 0 Å². The Morgan fingerprint density at radius 1 is 0.420 bits per heavy atom. The Morgan fingerprint density at radius 3 is 1.40 bits per heavy atom. The van der Waals surface area contributed by atoms with Crippen molar-refractivity contribution in [2.75, 3.05) is 0 Å². The van der Waals surface area contributed by atoms with Crippen LogP contribution in [0.1, 0.15) is 16.7 Å². The maximum atomic E-state index is 10.6. The number of nitriles is 3. The molecule has 8 aromatic rings. The number of hydrogen-bond donors (Lipinski definition) is 0. The summed E-state index contributed by atoms with van der Waals surface area (Å²) in [7, 11) is -2.76. The molecule has 4 nitrogen and oxygen atoms in total. The summed E-state index contributed by atoms with van der Waals surface area (Å²) in [6.07, 6.45) is 0. The molecule has 0 unspecified atom stereocenters. The Balaban J connectivity index is 1.33. The van der Waals surface area contributed by atoms with E-state index in [0.717, 1.165) is 38.6 Å². The van der Waals surface area contributed by atoms with Crippen LogP contribution in [0.25, 0.3) is 38.6 Å². The monoisotopic (exact) mass is 652 g/mol. The van der Waals surface area contributed by atoms with Crippen molar-refractivity contribution in [1.82, 2.24) is 4.57 Å². The van der Waals surface area contributed by atoms with E-state index in [0.29, 0.717) is 16.7 Å². The van der Waals surface area contributed by atoms with Crippen molar-refractivity contribution < 1.29 is 0 Å². The number of benzene rings is 7. The summed E-state index contributed by atoms with van der Waals surface area (Å²) >= 11 is 0. The molecule has 0 saturated heterocycles. The van der Waals surface area contributed by atoms with Gasteiger partial charge in [-0.3, -0.25) is 0 Å². The van der Waals surface area contributed by atoms with Crippen molar-refractivity contribution in [3.05, 3.63) is 187 Å². The lowest BCUT2D eigenvalue weighted by Crippen LogP contribution is -2.74. The maximum Gasteiger partial charge on any atom is 0.179 e. The van der Waals surface area contributed by atoms with Crippen molar-refractivity contribution in [2.24, 2.45) is 0 Å². The molecule has 0 amide bonds. The van der Waals surface area contributed by atoms with E-state index in [1.165, 1.54) is 20.7 Å². The predicted octanol–water partition coefficient (Wildman–Crippen LogP) is 7.44. The fourth-order valence-electron chi connectivity index (χ4n) is 7.44. The lowest BCUT2D eigenvalue weighted by atomic mass is 9.99. The lowest BCUT2D eigenvalue weighted by Gasteiger charge is -2.34. The Kier molecular flexibility index (Phi) is 7.63. The minimum absolute atomic E-state index is 0.549. The van der Waals surface area contributed by atoms with E-state index in [4.69, 9.17) is 0 Å². The molecule has 0 aliphatic carbocycles. The standard InChI is InChI=1S/C45H28N4Si/c46-29-32-19-23-44-42(25-32)43-26-33(30-47)20-24-45(43)49(44)36-21-22-41(35(27-36)31-48)34-11-10-18-40(28-34)50(37-12-4-1-5-13-37,38-14-6-2-7-15-38)39-16-8-3-9-17-39/h1-28H. The Bertz CT molecular complexity index is 2510. The number of hydrogen-bond acceptors (Lipinski definition) is 3. The van der Waals surface area contributed by atoms with Gasteiger partial charge in [0.05, 0.1) is 45.9 Å². The predicted molar refractivity (Wildman–Crippen MR) is 204 cm³/mol. The second kappa shape index (κ2) is 12.6. The normalized spacial score (nSPS) is 11.1. The summed E-state index contributed by atoms with van der Waals surface area (Å²) < 4.78 is 2.10. The van der Waals surface area contributed by atoms with Crippen molar-refractivity contribution in [3.63, 3.8) is 0 Å². The van der Waals surface area contributed by atoms with Crippen molar-refractivity contribution in [1.29, 1.82) is 15.8 Å². The molecular weight excluding hydrogens is 625 g/mol. The van der Waals surface area contributed by atoms with E-state index in [1.807, 2.05) is 36.4 Å². The zero-order chi connectivity index (χ0) is 34.1. The Labute approximate surface area is 291 Å². The Hall–Kier alpha value is -6.97. The molecule has 232 valence electrons. The third kappa shape index (κ3) is 4.88. The number of fused-ring (bicyclic) bond motifs is 3. The van der Waals surface area contributed by atoms with E-state index >= 15 is 0 Å². The van der Waals surface area contributed by atoms with Gasteiger partial charge in [-0.25, -0.2) is 0 Å². The van der Waals surface area contributed by atoms with Gasteiger partial charge >= 0.3 is 0 Å². The summed E-state index contributed by atoms with van der Waals surface area (Å²) in [5.41, 5.74) is 6.12. The van der Waals surface area contributed by atoms with E-state index in [1.54, 1.807) is 12.1 Å². The average Bonchev–Trinajstić information content (AvgIpc) is 3.52. The summed E-state index contributed by atoms with van der Waals surface area (Å²) in [5.74, 6) is 0. The molecule has 0 aliphatic heterocycles. The van der Waals surface area contributed by atoms with Crippen LogP contribution in [0.3, 0.4) is 0 Å². The van der Waals surface area contributed by atoms with Crippen LogP contribution in [0.5, 0.6) is 0 Å². The minimum atomic E-state index is -2.76. The third-order valence-corrected chi connectivity index (χ3v) is 14.4. The fraction of sp³-hybridized carbons (Fsp3) is 0. The Morgan fingerprint density at radius 2 is 0.920 bits per heavy atom. The highest BCUT2D eigenvalue weighted by Crippen LogP contribution is 2.35. The molecule has 7 aromatic carbocycles. The smallest absolute Gasteiger partial charge is 0.179 e. The van der Waals surface area contributed by atoms with Gasteiger partial charge in [-0.1, -0.05) is 121 Å². The van der Waals surface area contributed by atoms with Gasteiger partial charge in [-0.15, -0.1) is 0 Å². The molecule has 0 aliphatic rings. The summed E-state index contributed by atoms with van der Waals surface area (Å²) in [5, 5.41) is 36.7. The molecule has 1 heterocycles. The van der Waals surface area contributed by atoms with Gasteiger partial charge in [-0.05, 0) is 80.4 Å². The molecule has 1 aromatic heterocycles. The number of aromatic nitrogens is 1. The third-order valence-electron chi connectivity index (χ3n) is 9.63. The number of nitrogens with zero attached hydrogens (tertiary/aromatic N) is 4. The van der Waals surface area contributed by atoms with Gasteiger partial charge in [0.1, 0.15) is 0 Å². The zero-order valence-electron chi connectivity index (χ0n) is 27.0. The van der Waals surface area contributed by atoms with Gasteiger partial charge in [0.2, 0.25) is 0 Å². The summed E-state index contributed by atoms with van der Waals surface area (Å²) in [6.45, 7) is 0. The molecule has 50 heavy (non-hydrogen) atoms.